The highest BCUT2D eigenvalue weighted by Crippen LogP contribution is 2.35. The topological polar surface area (TPSA) is 77.1 Å². The Morgan fingerprint density at radius 2 is 1.91 bits per heavy atom. The van der Waals surface area contributed by atoms with E-state index in [0.717, 1.165) is 17.7 Å². The molecule has 0 bridgehead atoms. The van der Waals surface area contributed by atoms with E-state index in [0.29, 0.717) is 28.4 Å². The number of amides is 1. The molecule has 32 heavy (non-hydrogen) atoms. The van der Waals surface area contributed by atoms with Crippen molar-refractivity contribution in [3.8, 4) is 22.6 Å². The molecule has 1 aromatic carbocycles. The largest absolute Gasteiger partial charge is 0.416 e. The van der Waals surface area contributed by atoms with Gasteiger partial charge in [-0.1, -0.05) is 5.16 Å². The Balaban J connectivity index is 1.51. The second-order valence-corrected chi connectivity index (χ2v) is 7.48. The molecule has 5 rings (SSSR count). The molecule has 0 saturated heterocycles. The van der Waals surface area contributed by atoms with E-state index in [2.05, 4.69) is 15.2 Å². The maximum Gasteiger partial charge on any atom is 0.416 e. The van der Waals surface area contributed by atoms with Crippen LogP contribution in [0.4, 0.5) is 18.9 Å². The summed E-state index contributed by atoms with van der Waals surface area (Å²) < 4.78 is 45.8. The van der Waals surface area contributed by atoms with Gasteiger partial charge in [-0.3, -0.25) is 14.5 Å². The zero-order valence-corrected chi connectivity index (χ0v) is 16.7. The molecule has 1 aliphatic heterocycles. The lowest BCUT2D eigenvalue weighted by molar-refractivity contribution is -0.137. The van der Waals surface area contributed by atoms with E-state index in [1.807, 2.05) is 13.0 Å². The first-order valence-corrected chi connectivity index (χ1v) is 9.77. The van der Waals surface area contributed by atoms with Crippen molar-refractivity contribution in [2.24, 2.45) is 0 Å². The molecule has 162 valence electrons. The SMILES string of the molecule is CC1CN(c2ccc(C(F)(F)F)cc2)C(=O)c2c(-c3cc(-c4cccnc4)on3)cnn21. The number of pyridine rings is 1. The normalized spacial score (nSPS) is 16.3. The highest BCUT2D eigenvalue weighted by atomic mass is 19.4. The lowest BCUT2D eigenvalue weighted by atomic mass is 10.1. The van der Waals surface area contributed by atoms with Crippen LogP contribution in [0.25, 0.3) is 22.6 Å². The van der Waals surface area contributed by atoms with Gasteiger partial charge in [-0.2, -0.15) is 18.3 Å². The first-order chi connectivity index (χ1) is 15.3. The molecule has 0 N–H and O–H groups in total. The van der Waals surface area contributed by atoms with E-state index in [9.17, 15) is 18.0 Å². The third-order valence-electron chi connectivity index (χ3n) is 5.35. The van der Waals surface area contributed by atoms with Gasteiger partial charge in [0.1, 0.15) is 11.4 Å². The average molecular weight is 439 g/mol. The molecule has 0 spiro atoms. The number of carbonyl (C=O) groups excluding carboxylic acids is 1. The summed E-state index contributed by atoms with van der Waals surface area (Å²) in [6, 6.07) is 9.64. The molecule has 4 heterocycles. The van der Waals surface area contributed by atoms with Crippen molar-refractivity contribution < 1.29 is 22.5 Å². The molecule has 3 aromatic heterocycles. The first kappa shape index (κ1) is 20.0. The molecule has 4 aromatic rings. The Morgan fingerprint density at radius 3 is 2.59 bits per heavy atom. The van der Waals surface area contributed by atoms with Gasteiger partial charge in [-0.25, -0.2) is 0 Å². The smallest absolute Gasteiger partial charge is 0.356 e. The van der Waals surface area contributed by atoms with Gasteiger partial charge in [0.05, 0.1) is 23.4 Å². The number of rotatable bonds is 3. The summed E-state index contributed by atoms with van der Waals surface area (Å²) >= 11 is 0. The minimum Gasteiger partial charge on any atom is -0.356 e. The predicted molar refractivity (Wildman–Crippen MR) is 109 cm³/mol. The van der Waals surface area contributed by atoms with Crippen molar-refractivity contribution in [2.45, 2.75) is 19.1 Å². The van der Waals surface area contributed by atoms with Gasteiger partial charge in [0.25, 0.3) is 5.91 Å². The zero-order chi connectivity index (χ0) is 22.5. The minimum absolute atomic E-state index is 0.191. The van der Waals surface area contributed by atoms with Crippen molar-refractivity contribution in [1.82, 2.24) is 19.9 Å². The van der Waals surface area contributed by atoms with Gasteiger partial charge in [-0.15, -0.1) is 0 Å². The number of fused-ring (bicyclic) bond motifs is 1. The highest BCUT2D eigenvalue weighted by molar-refractivity contribution is 6.09. The lowest BCUT2D eigenvalue weighted by Gasteiger charge is -2.32. The number of hydrogen-bond donors (Lipinski definition) is 0. The van der Waals surface area contributed by atoms with Crippen molar-refractivity contribution in [1.29, 1.82) is 0 Å². The maximum atomic E-state index is 13.4. The second-order valence-electron chi connectivity index (χ2n) is 7.48. The maximum absolute atomic E-state index is 13.4. The summed E-state index contributed by atoms with van der Waals surface area (Å²) in [5.41, 5.74) is 1.56. The minimum atomic E-state index is -4.44. The fourth-order valence-corrected chi connectivity index (χ4v) is 3.75. The molecule has 1 amide bonds. The fourth-order valence-electron chi connectivity index (χ4n) is 3.75. The van der Waals surface area contributed by atoms with Crippen LogP contribution in [0.2, 0.25) is 0 Å². The number of hydrogen-bond acceptors (Lipinski definition) is 5. The summed E-state index contributed by atoms with van der Waals surface area (Å²) in [5, 5.41) is 8.43. The van der Waals surface area contributed by atoms with Gasteiger partial charge in [0.2, 0.25) is 0 Å². The first-order valence-electron chi connectivity index (χ1n) is 9.77. The van der Waals surface area contributed by atoms with Crippen LogP contribution >= 0.6 is 0 Å². The molecule has 0 aliphatic carbocycles. The second kappa shape index (κ2) is 7.33. The predicted octanol–water partition coefficient (Wildman–Crippen LogP) is 4.84. The number of anilines is 1. The van der Waals surface area contributed by atoms with Crippen LogP contribution in [-0.4, -0.2) is 32.4 Å². The number of alkyl halides is 3. The average Bonchev–Trinajstić information content (AvgIpc) is 3.44. The van der Waals surface area contributed by atoms with Gasteiger partial charge in [-0.05, 0) is 43.3 Å². The molecule has 7 nitrogen and oxygen atoms in total. The summed E-state index contributed by atoms with van der Waals surface area (Å²) in [7, 11) is 0. The number of halogens is 3. The summed E-state index contributed by atoms with van der Waals surface area (Å²) in [5.74, 6) is 0.116. The Hall–Kier alpha value is -3.95. The third kappa shape index (κ3) is 3.33. The standard InChI is InChI=1S/C22H16F3N5O2/c1-13-12-29(16-6-4-15(5-7-16)22(23,24)25)21(31)20-17(11-27-30(13)20)18-9-19(32-28-18)14-3-2-8-26-10-14/h2-11,13H,12H2,1H3. The van der Waals surface area contributed by atoms with Crippen LogP contribution in [0.5, 0.6) is 0 Å². The van der Waals surface area contributed by atoms with Crippen LogP contribution in [-0.2, 0) is 6.18 Å². The van der Waals surface area contributed by atoms with Crippen molar-refractivity contribution in [3.05, 3.63) is 72.3 Å². The third-order valence-corrected chi connectivity index (χ3v) is 5.35. The van der Waals surface area contributed by atoms with Crippen LogP contribution in [0.3, 0.4) is 0 Å². The number of benzene rings is 1. The Labute approximate surface area is 180 Å². The van der Waals surface area contributed by atoms with E-state index in [1.54, 1.807) is 35.4 Å². The van der Waals surface area contributed by atoms with Gasteiger partial charge in [0.15, 0.2) is 5.76 Å². The Kier molecular flexibility index (Phi) is 4.58. The summed E-state index contributed by atoms with van der Waals surface area (Å²) in [6.07, 6.45) is 0.384. The van der Waals surface area contributed by atoms with Gasteiger partial charge < -0.3 is 9.42 Å². The molecule has 0 fully saturated rings. The molecule has 0 saturated carbocycles. The molecule has 1 aliphatic rings. The fraction of sp³-hybridized carbons (Fsp3) is 0.182. The van der Waals surface area contributed by atoms with Crippen LogP contribution < -0.4 is 4.90 Å². The Morgan fingerprint density at radius 1 is 1.12 bits per heavy atom. The molecule has 1 atom stereocenters. The van der Waals surface area contributed by atoms with Crippen LogP contribution in [0, 0.1) is 0 Å². The van der Waals surface area contributed by atoms with Crippen LogP contribution in [0.15, 0.2) is 65.6 Å². The zero-order valence-electron chi connectivity index (χ0n) is 16.7. The molecular formula is C22H16F3N5O2. The van der Waals surface area contributed by atoms with E-state index in [-0.39, 0.29) is 18.5 Å². The quantitative estimate of drug-likeness (QED) is 0.457. The molecule has 1 unspecified atom stereocenters. The highest BCUT2D eigenvalue weighted by Gasteiger charge is 2.35. The van der Waals surface area contributed by atoms with Crippen molar-refractivity contribution in [2.75, 3.05) is 11.4 Å². The van der Waals surface area contributed by atoms with Gasteiger partial charge >= 0.3 is 6.18 Å². The summed E-state index contributed by atoms with van der Waals surface area (Å²) in [4.78, 5) is 18.9. The van der Waals surface area contributed by atoms with E-state index >= 15 is 0 Å². The number of nitrogens with zero attached hydrogens (tertiary/aromatic N) is 5. The molecular weight excluding hydrogens is 423 g/mol. The van der Waals surface area contributed by atoms with Crippen molar-refractivity contribution >= 4 is 11.6 Å². The molecule has 0 radical (unpaired) electrons. The number of carbonyl (C=O) groups is 1. The lowest BCUT2D eigenvalue weighted by Crippen LogP contribution is -2.42. The van der Waals surface area contributed by atoms with Gasteiger partial charge in [0, 0.05) is 36.3 Å². The van der Waals surface area contributed by atoms with E-state index < -0.39 is 11.7 Å². The van der Waals surface area contributed by atoms with E-state index in [1.165, 1.54) is 17.0 Å². The number of aromatic nitrogens is 4. The summed E-state index contributed by atoms with van der Waals surface area (Å²) in [6.45, 7) is 2.16. The van der Waals surface area contributed by atoms with Crippen molar-refractivity contribution in [3.63, 3.8) is 0 Å². The molecule has 10 heteroatoms. The van der Waals surface area contributed by atoms with Crippen LogP contribution in [0.1, 0.15) is 29.0 Å². The Bertz CT molecular complexity index is 1280. The monoisotopic (exact) mass is 439 g/mol. The van der Waals surface area contributed by atoms with E-state index in [4.69, 9.17) is 4.52 Å².